The van der Waals surface area contributed by atoms with Gasteiger partial charge in [0, 0.05) is 31.6 Å². The maximum atomic E-state index is 12.5. The van der Waals surface area contributed by atoms with E-state index < -0.39 is 18.6 Å². The summed E-state index contributed by atoms with van der Waals surface area (Å²) in [6.07, 6.45) is 0.879. The second kappa shape index (κ2) is 11.3. The van der Waals surface area contributed by atoms with E-state index in [1.807, 2.05) is 29.2 Å². The van der Waals surface area contributed by atoms with E-state index in [9.17, 15) is 14.4 Å². The second-order valence-electron chi connectivity index (χ2n) is 8.95. The number of aliphatic hydroxyl groups is 1. The molecule has 2 amide bonds. The molecule has 0 saturated carbocycles. The lowest BCUT2D eigenvalue weighted by Crippen LogP contribution is -2.49. The second-order valence-corrected chi connectivity index (χ2v) is 8.95. The van der Waals surface area contributed by atoms with E-state index in [1.165, 1.54) is 11.1 Å². The van der Waals surface area contributed by atoms with Gasteiger partial charge in [-0.05, 0) is 35.1 Å². The maximum Gasteiger partial charge on any atom is 0.407 e. The van der Waals surface area contributed by atoms with E-state index >= 15 is 0 Å². The zero-order valence-corrected chi connectivity index (χ0v) is 19.6. The van der Waals surface area contributed by atoms with Crippen molar-refractivity contribution in [3.8, 4) is 11.1 Å². The lowest BCUT2D eigenvalue weighted by Gasteiger charge is -2.33. The highest BCUT2D eigenvalue weighted by atomic mass is 16.5. The van der Waals surface area contributed by atoms with Gasteiger partial charge in [0.1, 0.15) is 13.2 Å². The third-order valence-corrected chi connectivity index (χ3v) is 6.66. The van der Waals surface area contributed by atoms with Crippen LogP contribution in [0.5, 0.6) is 0 Å². The van der Waals surface area contributed by atoms with Gasteiger partial charge in [0.25, 0.3) is 0 Å². The van der Waals surface area contributed by atoms with E-state index in [4.69, 9.17) is 14.9 Å². The SMILES string of the molecule is O=C(O)CN(CCO)C(=O)CN1CCC(NC(=O)OCC2c3ccccc3-c3ccccc32)CC1. The van der Waals surface area contributed by atoms with E-state index in [2.05, 4.69) is 29.6 Å². The van der Waals surface area contributed by atoms with Crippen LogP contribution in [-0.2, 0) is 14.3 Å². The number of fused-ring (bicyclic) bond motifs is 3. The molecule has 3 N–H and O–H groups in total. The molecule has 0 bridgehead atoms. The number of likely N-dealkylation sites (tertiary alicyclic amines) is 1. The summed E-state index contributed by atoms with van der Waals surface area (Å²) in [5.74, 6) is -1.43. The zero-order chi connectivity index (χ0) is 24.8. The van der Waals surface area contributed by atoms with E-state index in [0.29, 0.717) is 25.9 Å². The Kier molecular flexibility index (Phi) is 7.99. The van der Waals surface area contributed by atoms with Gasteiger partial charge in [0.15, 0.2) is 0 Å². The number of carbonyl (C=O) groups excluding carboxylic acids is 2. The van der Waals surface area contributed by atoms with Crippen molar-refractivity contribution in [3.05, 3.63) is 59.7 Å². The first kappa shape index (κ1) is 24.7. The van der Waals surface area contributed by atoms with Crippen molar-refractivity contribution >= 4 is 18.0 Å². The molecule has 0 atom stereocenters. The van der Waals surface area contributed by atoms with E-state index in [1.54, 1.807) is 0 Å². The van der Waals surface area contributed by atoms with Crippen LogP contribution in [0.4, 0.5) is 4.79 Å². The lowest BCUT2D eigenvalue weighted by molar-refractivity contribution is -0.145. The number of nitrogens with zero attached hydrogens (tertiary/aromatic N) is 2. The molecule has 35 heavy (non-hydrogen) atoms. The molecule has 4 rings (SSSR count). The monoisotopic (exact) mass is 481 g/mol. The Labute approximate surface area is 204 Å². The molecule has 0 aromatic heterocycles. The Morgan fingerprint density at radius 1 is 1.00 bits per heavy atom. The van der Waals surface area contributed by atoms with Gasteiger partial charge in [-0.3, -0.25) is 14.5 Å². The molecule has 1 heterocycles. The minimum atomic E-state index is -1.11. The molecule has 1 saturated heterocycles. The van der Waals surface area contributed by atoms with Crippen molar-refractivity contribution in [2.24, 2.45) is 0 Å². The molecule has 2 aromatic rings. The van der Waals surface area contributed by atoms with Gasteiger partial charge in [-0.25, -0.2) is 4.79 Å². The van der Waals surface area contributed by atoms with Crippen LogP contribution in [0.3, 0.4) is 0 Å². The number of hydrogen-bond acceptors (Lipinski definition) is 6. The molecule has 0 spiro atoms. The molecular formula is C26H31N3O6. The normalized spacial score (nSPS) is 15.8. The number of amides is 2. The van der Waals surface area contributed by atoms with E-state index in [-0.39, 0.29) is 44.2 Å². The summed E-state index contributed by atoms with van der Waals surface area (Å²) in [5.41, 5.74) is 4.69. The minimum Gasteiger partial charge on any atom is -0.480 e. The number of carbonyl (C=O) groups is 3. The fourth-order valence-electron chi connectivity index (χ4n) is 4.91. The van der Waals surface area contributed by atoms with Crippen LogP contribution in [0.2, 0.25) is 0 Å². The van der Waals surface area contributed by atoms with Gasteiger partial charge < -0.3 is 25.2 Å². The molecule has 0 radical (unpaired) electrons. The third kappa shape index (κ3) is 5.98. The highest BCUT2D eigenvalue weighted by molar-refractivity contribution is 5.83. The Bertz CT molecular complexity index is 1020. The van der Waals surface area contributed by atoms with Gasteiger partial charge in [-0.2, -0.15) is 0 Å². The van der Waals surface area contributed by atoms with Gasteiger partial charge >= 0.3 is 12.1 Å². The fourth-order valence-corrected chi connectivity index (χ4v) is 4.91. The molecule has 1 fully saturated rings. The smallest absolute Gasteiger partial charge is 0.407 e. The molecule has 186 valence electrons. The molecular weight excluding hydrogens is 450 g/mol. The van der Waals surface area contributed by atoms with Gasteiger partial charge in [-0.15, -0.1) is 0 Å². The Morgan fingerprint density at radius 2 is 1.60 bits per heavy atom. The van der Waals surface area contributed by atoms with Crippen molar-refractivity contribution in [2.45, 2.75) is 24.8 Å². The predicted molar refractivity (Wildman–Crippen MR) is 129 cm³/mol. The number of carboxylic acids is 1. The van der Waals surface area contributed by atoms with Crippen molar-refractivity contribution in [3.63, 3.8) is 0 Å². The van der Waals surface area contributed by atoms with Crippen molar-refractivity contribution in [1.29, 1.82) is 0 Å². The van der Waals surface area contributed by atoms with Gasteiger partial charge in [0.05, 0.1) is 13.2 Å². The summed E-state index contributed by atoms with van der Waals surface area (Å²) < 4.78 is 5.63. The topological polar surface area (TPSA) is 119 Å². The first-order valence-corrected chi connectivity index (χ1v) is 11.9. The van der Waals surface area contributed by atoms with Crippen LogP contribution < -0.4 is 5.32 Å². The number of aliphatic hydroxyl groups excluding tert-OH is 1. The molecule has 2 aromatic carbocycles. The lowest BCUT2D eigenvalue weighted by atomic mass is 9.98. The molecule has 9 nitrogen and oxygen atoms in total. The quantitative estimate of drug-likeness (QED) is 0.500. The summed E-state index contributed by atoms with van der Waals surface area (Å²) in [6, 6.07) is 16.3. The number of carboxylic acid groups (broad SMARTS) is 1. The molecule has 2 aliphatic rings. The number of benzene rings is 2. The van der Waals surface area contributed by atoms with Crippen LogP contribution in [0.1, 0.15) is 29.9 Å². The fraction of sp³-hybridized carbons (Fsp3) is 0.423. The number of ether oxygens (including phenoxy) is 1. The number of alkyl carbamates (subject to hydrolysis) is 1. The summed E-state index contributed by atoms with van der Waals surface area (Å²) in [5, 5.41) is 21.0. The number of rotatable bonds is 9. The predicted octanol–water partition coefficient (Wildman–Crippen LogP) is 1.90. The Hall–Kier alpha value is -3.43. The zero-order valence-electron chi connectivity index (χ0n) is 19.6. The number of hydrogen-bond donors (Lipinski definition) is 3. The largest absolute Gasteiger partial charge is 0.480 e. The van der Waals surface area contributed by atoms with Gasteiger partial charge in [0.2, 0.25) is 5.91 Å². The van der Waals surface area contributed by atoms with Crippen LogP contribution >= 0.6 is 0 Å². The molecule has 0 unspecified atom stereocenters. The van der Waals surface area contributed by atoms with Crippen molar-refractivity contribution in [2.75, 3.05) is 45.9 Å². The first-order chi connectivity index (χ1) is 17.0. The van der Waals surface area contributed by atoms with Crippen LogP contribution in [0, 0.1) is 0 Å². The molecule has 1 aliphatic heterocycles. The summed E-state index contributed by atoms with van der Waals surface area (Å²) >= 11 is 0. The third-order valence-electron chi connectivity index (χ3n) is 6.66. The maximum absolute atomic E-state index is 12.5. The molecule has 9 heteroatoms. The Morgan fingerprint density at radius 3 is 2.17 bits per heavy atom. The van der Waals surface area contributed by atoms with E-state index in [0.717, 1.165) is 16.0 Å². The first-order valence-electron chi connectivity index (χ1n) is 11.9. The van der Waals surface area contributed by atoms with Crippen molar-refractivity contribution < 1.29 is 29.3 Å². The summed E-state index contributed by atoms with van der Waals surface area (Å²) in [6.45, 7) is 0.817. The summed E-state index contributed by atoms with van der Waals surface area (Å²) in [4.78, 5) is 39.0. The number of nitrogens with one attached hydrogen (secondary N) is 1. The minimum absolute atomic E-state index is 0.00804. The average molecular weight is 482 g/mol. The van der Waals surface area contributed by atoms with Crippen LogP contribution in [-0.4, -0.2) is 90.0 Å². The number of piperidine rings is 1. The highest BCUT2D eigenvalue weighted by Gasteiger charge is 2.30. The average Bonchev–Trinajstić information content (AvgIpc) is 3.17. The molecule has 1 aliphatic carbocycles. The van der Waals surface area contributed by atoms with Crippen LogP contribution in [0.15, 0.2) is 48.5 Å². The standard InChI is InChI=1S/C26H31N3O6/c30-14-13-29(16-25(32)33)24(31)15-28-11-9-18(10-12-28)27-26(34)35-17-23-21-7-3-1-5-19(21)20-6-2-4-8-22(20)23/h1-8,18,23,30H,9-17H2,(H,27,34)(H,32,33). The highest BCUT2D eigenvalue weighted by Crippen LogP contribution is 2.44. The van der Waals surface area contributed by atoms with Crippen molar-refractivity contribution in [1.82, 2.24) is 15.1 Å². The Balaban J connectivity index is 1.24. The van der Waals surface area contributed by atoms with Crippen LogP contribution in [0.25, 0.3) is 11.1 Å². The number of aliphatic carboxylic acids is 1. The van der Waals surface area contributed by atoms with Gasteiger partial charge in [-0.1, -0.05) is 48.5 Å². The summed E-state index contributed by atoms with van der Waals surface area (Å²) in [7, 11) is 0.